The molecule has 24 heavy (non-hydrogen) atoms. The zero-order chi connectivity index (χ0) is 16.3. The lowest BCUT2D eigenvalue weighted by Gasteiger charge is -2.54. The molecule has 124 valence electrons. The number of para-hydroxylation sites is 1. The standard InChI is InChI=1S/C20H22N2O2/c1-12(18-10-21-19-5-3-2-4-17(18)19)24-16-8-14-6-13-7-15(9-16)22(14)11-20(13)23/h2-5,10,13-16,21H,1,6-9,11H2/t13?,14-,15-,16?/m1/s1. The molecule has 6 rings (SSSR count). The molecule has 4 saturated heterocycles. The van der Waals surface area contributed by atoms with Gasteiger partial charge in [0.25, 0.3) is 0 Å². The highest BCUT2D eigenvalue weighted by Crippen LogP contribution is 2.43. The van der Waals surface area contributed by atoms with Crippen molar-refractivity contribution < 1.29 is 9.53 Å². The van der Waals surface area contributed by atoms with E-state index in [1.807, 2.05) is 18.3 Å². The first kappa shape index (κ1) is 14.3. The van der Waals surface area contributed by atoms with E-state index >= 15 is 0 Å². The average molecular weight is 322 g/mol. The van der Waals surface area contributed by atoms with Crippen LogP contribution in [0, 0.1) is 5.92 Å². The van der Waals surface area contributed by atoms with Gasteiger partial charge in [-0.3, -0.25) is 9.69 Å². The van der Waals surface area contributed by atoms with Gasteiger partial charge in [-0.05, 0) is 31.7 Å². The van der Waals surface area contributed by atoms with Crippen molar-refractivity contribution >= 4 is 22.4 Å². The van der Waals surface area contributed by atoms with E-state index < -0.39 is 0 Å². The van der Waals surface area contributed by atoms with Gasteiger partial charge >= 0.3 is 0 Å². The predicted molar refractivity (Wildman–Crippen MR) is 93.5 cm³/mol. The van der Waals surface area contributed by atoms with Crippen LogP contribution in [0.1, 0.15) is 31.2 Å². The lowest BCUT2D eigenvalue weighted by Crippen LogP contribution is -2.63. The fraction of sp³-hybridized carbons (Fsp3) is 0.450. The van der Waals surface area contributed by atoms with Crippen LogP contribution < -0.4 is 0 Å². The number of fused-ring (bicyclic) bond motifs is 2. The number of carbonyl (C=O) groups excluding carboxylic acids is 1. The van der Waals surface area contributed by atoms with Gasteiger partial charge in [-0.1, -0.05) is 24.8 Å². The van der Waals surface area contributed by atoms with Crippen molar-refractivity contribution in [2.45, 2.75) is 43.9 Å². The van der Waals surface area contributed by atoms with Gasteiger partial charge < -0.3 is 9.72 Å². The molecule has 0 radical (unpaired) electrons. The maximum absolute atomic E-state index is 11.9. The van der Waals surface area contributed by atoms with Crippen molar-refractivity contribution in [3.8, 4) is 0 Å². The first-order chi connectivity index (χ1) is 11.7. The summed E-state index contributed by atoms with van der Waals surface area (Å²) in [4.78, 5) is 17.6. The summed E-state index contributed by atoms with van der Waals surface area (Å²) >= 11 is 0. The summed E-state index contributed by atoms with van der Waals surface area (Å²) in [6.07, 6.45) is 6.28. The summed E-state index contributed by atoms with van der Waals surface area (Å²) in [6, 6.07) is 9.26. The highest BCUT2D eigenvalue weighted by molar-refractivity contribution is 5.90. The number of aromatic amines is 1. The first-order valence-corrected chi connectivity index (χ1v) is 8.89. The van der Waals surface area contributed by atoms with Gasteiger partial charge in [0.15, 0.2) is 0 Å². The summed E-state index contributed by atoms with van der Waals surface area (Å²) in [5.41, 5.74) is 2.16. The number of hydrogen-bond donors (Lipinski definition) is 1. The number of Topliss-reactive ketones (excluding diaryl/α,β-unsaturated/α-hetero) is 1. The monoisotopic (exact) mass is 322 g/mol. The normalized spacial score (nSPS) is 34.5. The van der Waals surface area contributed by atoms with Gasteiger partial charge in [0, 0.05) is 40.7 Å². The number of H-pyrrole nitrogens is 1. The number of nitrogens with zero attached hydrogens (tertiary/aromatic N) is 1. The number of benzene rings is 1. The second kappa shape index (κ2) is 5.21. The quantitative estimate of drug-likeness (QED) is 0.882. The van der Waals surface area contributed by atoms with Gasteiger partial charge in [-0.25, -0.2) is 0 Å². The SMILES string of the molecule is C=C(OC1C[C@H]2CC3C[C@H](C1)N2CC3=O)c1c[nH]c2ccccc12. The van der Waals surface area contributed by atoms with Crippen LogP contribution in [0.25, 0.3) is 16.7 Å². The van der Waals surface area contributed by atoms with Crippen molar-refractivity contribution in [3.63, 3.8) is 0 Å². The largest absolute Gasteiger partial charge is 0.490 e. The molecule has 0 amide bonds. The minimum absolute atomic E-state index is 0.214. The summed E-state index contributed by atoms with van der Waals surface area (Å²) in [5, 5.41) is 1.16. The second-order valence-corrected chi connectivity index (χ2v) is 7.50. The Bertz CT molecular complexity index is 808. The molecule has 1 N–H and O–H groups in total. The van der Waals surface area contributed by atoms with Crippen LogP contribution in [0.4, 0.5) is 0 Å². The highest BCUT2D eigenvalue weighted by atomic mass is 16.5. The first-order valence-electron chi connectivity index (χ1n) is 8.89. The van der Waals surface area contributed by atoms with E-state index in [9.17, 15) is 4.79 Å². The molecule has 0 saturated carbocycles. The van der Waals surface area contributed by atoms with Gasteiger partial charge in [-0.2, -0.15) is 0 Å². The number of rotatable bonds is 3. The van der Waals surface area contributed by atoms with Crippen LogP contribution in [0.15, 0.2) is 37.0 Å². The third kappa shape index (κ3) is 2.13. The Hall–Kier alpha value is -2.07. The van der Waals surface area contributed by atoms with Crippen molar-refractivity contribution in [3.05, 3.63) is 42.6 Å². The number of nitrogens with one attached hydrogen (secondary N) is 1. The molecule has 2 atom stereocenters. The Balaban J connectivity index is 1.33. The maximum atomic E-state index is 11.9. The molecule has 4 aliphatic rings. The molecule has 0 unspecified atom stereocenters. The van der Waals surface area contributed by atoms with Gasteiger partial charge in [0.1, 0.15) is 17.6 Å². The Morgan fingerprint density at radius 2 is 1.92 bits per heavy atom. The van der Waals surface area contributed by atoms with Crippen LogP contribution in [0.2, 0.25) is 0 Å². The van der Waals surface area contributed by atoms with Crippen LogP contribution in [-0.4, -0.2) is 40.4 Å². The molecule has 0 spiro atoms. The molecule has 5 heterocycles. The zero-order valence-electron chi connectivity index (χ0n) is 13.7. The van der Waals surface area contributed by atoms with Gasteiger partial charge in [0.2, 0.25) is 0 Å². The smallest absolute Gasteiger partial charge is 0.150 e. The number of hydrogen-bond acceptors (Lipinski definition) is 3. The Morgan fingerprint density at radius 1 is 1.17 bits per heavy atom. The summed E-state index contributed by atoms with van der Waals surface area (Å²) < 4.78 is 6.29. The predicted octanol–water partition coefficient (Wildman–Crippen LogP) is 3.35. The lowest BCUT2D eigenvalue weighted by atomic mass is 9.72. The Labute approximate surface area is 141 Å². The van der Waals surface area contributed by atoms with Crippen molar-refractivity contribution in [2.75, 3.05) is 6.54 Å². The number of aromatic nitrogens is 1. The lowest BCUT2D eigenvalue weighted by molar-refractivity contribution is -0.144. The summed E-state index contributed by atoms with van der Waals surface area (Å²) in [6.45, 7) is 4.85. The Kier molecular flexibility index (Phi) is 3.10. The van der Waals surface area contributed by atoms with Crippen LogP contribution >= 0.6 is 0 Å². The zero-order valence-corrected chi connectivity index (χ0v) is 13.7. The van der Waals surface area contributed by atoms with Crippen LogP contribution in [0.5, 0.6) is 0 Å². The molecule has 4 fully saturated rings. The molecule has 1 aromatic heterocycles. The fourth-order valence-corrected chi connectivity index (χ4v) is 4.98. The minimum atomic E-state index is 0.214. The molecular weight excluding hydrogens is 300 g/mol. The number of ketones is 1. The maximum Gasteiger partial charge on any atom is 0.150 e. The molecule has 0 aliphatic carbocycles. The second-order valence-electron chi connectivity index (χ2n) is 7.50. The molecular formula is C20H22N2O2. The van der Waals surface area contributed by atoms with E-state index in [0.29, 0.717) is 30.3 Å². The van der Waals surface area contributed by atoms with Gasteiger partial charge in [0.05, 0.1) is 6.54 Å². The molecule has 4 nitrogen and oxygen atoms in total. The molecule has 2 aromatic rings. The van der Waals surface area contributed by atoms with Crippen molar-refractivity contribution in [2.24, 2.45) is 5.92 Å². The fourth-order valence-electron chi connectivity index (χ4n) is 4.98. The van der Waals surface area contributed by atoms with Crippen LogP contribution in [-0.2, 0) is 9.53 Å². The van der Waals surface area contributed by atoms with Crippen molar-refractivity contribution in [1.29, 1.82) is 0 Å². The number of piperidine rings is 4. The van der Waals surface area contributed by atoms with Crippen molar-refractivity contribution in [1.82, 2.24) is 9.88 Å². The third-order valence-electron chi connectivity index (χ3n) is 6.11. The van der Waals surface area contributed by atoms with Crippen LogP contribution in [0.3, 0.4) is 0 Å². The summed E-state index contributed by atoms with van der Waals surface area (Å²) in [5.74, 6) is 1.52. The van der Waals surface area contributed by atoms with E-state index in [4.69, 9.17) is 4.74 Å². The topological polar surface area (TPSA) is 45.3 Å². The molecule has 4 bridgehead atoms. The van der Waals surface area contributed by atoms with Gasteiger partial charge in [-0.15, -0.1) is 0 Å². The summed E-state index contributed by atoms with van der Waals surface area (Å²) in [7, 11) is 0. The van der Waals surface area contributed by atoms with E-state index in [2.05, 4.69) is 28.6 Å². The molecule has 1 aromatic carbocycles. The molecule has 4 heteroatoms. The molecule has 4 aliphatic heterocycles. The number of carbonyl (C=O) groups is 1. The highest BCUT2D eigenvalue weighted by Gasteiger charge is 2.49. The Morgan fingerprint density at radius 3 is 2.67 bits per heavy atom. The third-order valence-corrected chi connectivity index (χ3v) is 6.11. The average Bonchev–Trinajstić information content (AvgIpc) is 2.99. The van der Waals surface area contributed by atoms with E-state index in [-0.39, 0.29) is 6.10 Å². The minimum Gasteiger partial charge on any atom is -0.490 e. The number of ether oxygens (including phenoxy) is 1. The van der Waals surface area contributed by atoms with E-state index in [0.717, 1.165) is 47.9 Å². The van der Waals surface area contributed by atoms with E-state index in [1.165, 1.54) is 0 Å². The van der Waals surface area contributed by atoms with E-state index in [1.54, 1.807) is 0 Å².